The van der Waals surface area contributed by atoms with Gasteiger partial charge in [0.2, 0.25) is 5.95 Å². The number of nitrogens with zero attached hydrogens (tertiary/aromatic N) is 4. The van der Waals surface area contributed by atoms with Gasteiger partial charge in [-0.1, -0.05) is 17.9 Å². The first-order valence-corrected chi connectivity index (χ1v) is 10.8. The summed E-state index contributed by atoms with van der Waals surface area (Å²) in [6, 6.07) is 8.04. The predicted octanol–water partition coefficient (Wildman–Crippen LogP) is 2.11. The van der Waals surface area contributed by atoms with Gasteiger partial charge in [-0.2, -0.15) is 14.2 Å². The normalized spacial score (nSPS) is 15.4. The Morgan fingerprint density at radius 1 is 1.34 bits per heavy atom. The molecule has 9 nitrogen and oxygen atoms in total. The van der Waals surface area contributed by atoms with Gasteiger partial charge in [0.1, 0.15) is 24.0 Å². The number of hydrogen-bond acceptors (Lipinski definition) is 6. The van der Waals surface area contributed by atoms with E-state index in [2.05, 4.69) is 27.2 Å². The van der Waals surface area contributed by atoms with E-state index in [0.717, 1.165) is 4.68 Å². The van der Waals surface area contributed by atoms with Crippen LogP contribution < -0.4 is 15.0 Å². The molecule has 0 unspecified atom stereocenters. The highest BCUT2D eigenvalue weighted by atomic mass is 19.1. The first-order chi connectivity index (χ1) is 16.6. The number of anilines is 1. The Bertz CT molecular complexity index is 1340. The summed E-state index contributed by atoms with van der Waals surface area (Å²) >= 11 is 0. The third-order valence-corrected chi connectivity index (χ3v) is 5.17. The number of halogens is 1. The van der Waals surface area contributed by atoms with E-state index in [1.807, 2.05) is 0 Å². The van der Waals surface area contributed by atoms with Crippen molar-refractivity contribution < 1.29 is 23.8 Å². The van der Waals surface area contributed by atoms with Crippen LogP contribution in [0.25, 0.3) is 0 Å². The van der Waals surface area contributed by atoms with Crippen LogP contribution in [0.3, 0.4) is 0 Å². The van der Waals surface area contributed by atoms with E-state index in [-0.39, 0.29) is 12.5 Å². The van der Waals surface area contributed by atoms with Crippen molar-refractivity contribution in [1.29, 1.82) is 0 Å². The van der Waals surface area contributed by atoms with Crippen molar-refractivity contribution in [2.75, 3.05) is 18.6 Å². The Morgan fingerprint density at radius 3 is 2.89 bits per heavy atom. The molecule has 1 atom stereocenters. The predicted molar refractivity (Wildman–Crippen MR) is 125 cm³/mol. The van der Waals surface area contributed by atoms with Crippen LogP contribution in [0.15, 0.2) is 48.8 Å². The summed E-state index contributed by atoms with van der Waals surface area (Å²) in [4.78, 5) is 31.0. The number of amides is 2. The van der Waals surface area contributed by atoms with Gasteiger partial charge < -0.3 is 20.1 Å². The first kappa shape index (κ1) is 23.9. The standard InChI is InChI=1S/C25H24FN5O4/c1-25(2,34)10-9-16-7-8-21-20(12-16)30(3)23(32)19(15-35-21)29-24(33)31-14-17(13-27-31)11-18-5-4-6-22(26)28-18/h4-8,12-14,19,34H,11,15H2,1-3H3,(H,29,33)/t19-/m1/s1. The van der Waals surface area contributed by atoms with Crippen LogP contribution >= 0.6 is 0 Å². The molecule has 1 aromatic carbocycles. The Kier molecular flexibility index (Phi) is 6.53. The van der Waals surface area contributed by atoms with Gasteiger partial charge in [-0.25, -0.2) is 9.78 Å². The fraction of sp³-hybridized carbons (Fsp3) is 0.280. The van der Waals surface area contributed by atoms with E-state index in [0.29, 0.717) is 34.7 Å². The lowest BCUT2D eigenvalue weighted by Crippen LogP contribution is -2.50. The van der Waals surface area contributed by atoms with Crippen LogP contribution in [0, 0.1) is 17.8 Å². The average Bonchev–Trinajstić information content (AvgIpc) is 3.23. The van der Waals surface area contributed by atoms with E-state index in [9.17, 15) is 19.1 Å². The third kappa shape index (κ3) is 5.83. The quantitative estimate of drug-likeness (QED) is 0.442. The summed E-state index contributed by atoms with van der Waals surface area (Å²) in [6.45, 7) is 3.09. The second-order valence-corrected chi connectivity index (χ2v) is 8.62. The van der Waals surface area contributed by atoms with Crippen molar-refractivity contribution in [2.45, 2.75) is 31.9 Å². The number of benzene rings is 1. The molecule has 2 aromatic heterocycles. The summed E-state index contributed by atoms with van der Waals surface area (Å²) in [6.07, 6.45) is 3.28. The lowest BCUT2D eigenvalue weighted by molar-refractivity contribution is -0.120. The van der Waals surface area contributed by atoms with Gasteiger partial charge >= 0.3 is 6.03 Å². The molecule has 4 rings (SSSR count). The fourth-order valence-electron chi connectivity index (χ4n) is 3.44. The highest BCUT2D eigenvalue weighted by Crippen LogP contribution is 2.31. The van der Waals surface area contributed by atoms with Crippen molar-refractivity contribution in [3.63, 3.8) is 0 Å². The van der Waals surface area contributed by atoms with E-state index < -0.39 is 23.6 Å². The summed E-state index contributed by atoms with van der Waals surface area (Å²) < 4.78 is 20.2. The van der Waals surface area contributed by atoms with Crippen molar-refractivity contribution in [2.24, 2.45) is 0 Å². The number of likely N-dealkylation sites (N-methyl/N-ethyl adjacent to an activating group) is 1. The third-order valence-electron chi connectivity index (χ3n) is 5.17. The SMILES string of the molecule is CN1C(=O)[C@H](NC(=O)n2cc(Cc3cccc(F)n3)cn2)COc2ccc(C#CC(C)(C)O)cc21. The summed E-state index contributed by atoms with van der Waals surface area (Å²) in [7, 11) is 1.58. The number of ether oxygens (including phenoxy) is 1. The smallest absolute Gasteiger partial charge is 0.342 e. The van der Waals surface area contributed by atoms with Gasteiger partial charge in [-0.05, 0) is 49.7 Å². The summed E-state index contributed by atoms with van der Waals surface area (Å²) in [5, 5.41) is 16.5. The molecule has 0 saturated heterocycles. The van der Waals surface area contributed by atoms with Crippen molar-refractivity contribution >= 4 is 17.6 Å². The Labute approximate surface area is 201 Å². The fourth-order valence-corrected chi connectivity index (χ4v) is 3.44. The number of aliphatic hydroxyl groups is 1. The Balaban J connectivity index is 1.45. The number of aromatic nitrogens is 3. The van der Waals surface area contributed by atoms with Crippen LogP contribution in [0.4, 0.5) is 14.9 Å². The molecule has 1 aliphatic heterocycles. The highest BCUT2D eigenvalue weighted by molar-refractivity contribution is 6.00. The van der Waals surface area contributed by atoms with E-state index in [1.54, 1.807) is 51.2 Å². The number of hydrogen-bond donors (Lipinski definition) is 2. The maximum Gasteiger partial charge on any atom is 0.342 e. The molecule has 0 fully saturated rings. The minimum Gasteiger partial charge on any atom is -0.489 e. The summed E-state index contributed by atoms with van der Waals surface area (Å²) in [5.74, 6) is 5.12. The lowest BCUT2D eigenvalue weighted by atomic mass is 10.1. The maximum atomic E-state index is 13.3. The molecule has 2 N–H and O–H groups in total. The molecule has 0 spiro atoms. The zero-order valence-corrected chi connectivity index (χ0v) is 19.4. The van der Waals surface area contributed by atoms with Crippen LogP contribution in [-0.4, -0.2) is 57.1 Å². The minimum absolute atomic E-state index is 0.0715. The topological polar surface area (TPSA) is 110 Å². The minimum atomic E-state index is -1.15. The molecular formula is C25H24FN5O4. The van der Waals surface area contributed by atoms with E-state index in [4.69, 9.17) is 4.74 Å². The van der Waals surface area contributed by atoms with Crippen LogP contribution in [0.2, 0.25) is 0 Å². The number of nitrogens with one attached hydrogen (secondary N) is 1. The molecule has 3 aromatic rings. The lowest BCUT2D eigenvalue weighted by Gasteiger charge is -2.20. The molecule has 10 heteroatoms. The maximum absolute atomic E-state index is 13.3. The molecule has 180 valence electrons. The van der Waals surface area contributed by atoms with Gasteiger partial charge in [0, 0.05) is 30.9 Å². The van der Waals surface area contributed by atoms with E-state index >= 15 is 0 Å². The van der Waals surface area contributed by atoms with Crippen molar-refractivity contribution in [1.82, 2.24) is 20.1 Å². The monoisotopic (exact) mass is 477 g/mol. The van der Waals surface area contributed by atoms with Crippen LogP contribution in [0.1, 0.15) is 30.7 Å². The summed E-state index contributed by atoms with van der Waals surface area (Å²) in [5.41, 5.74) is 1.11. The van der Waals surface area contributed by atoms with Gasteiger partial charge in [0.05, 0.1) is 11.9 Å². The molecule has 1 aliphatic rings. The molecule has 0 aliphatic carbocycles. The molecule has 0 saturated carbocycles. The molecule has 2 amide bonds. The van der Waals surface area contributed by atoms with Gasteiger partial charge in [-0.15, -0.1) is 0 Å². The largest absolute Gasteiger partial charge is 0.489 e. The Hall–Kier alpha value is -4.23. The number of carbonyl (C=O) groups is 2. The zero-order chi connectivity index (χ0) is 25.2. The van der Waals surface area contributed by atoms with Crippen LogP contribution in [0.5, 0.6) is 5.75 Å². The first-order valence-electron chi connectivity index (χ1n) is 10.8. The Morgan fingerprint density at radius 2 is 2.14 bits per heavy atom. The van der Waals surface area contributed by atoms with Gasteiger partial charge in [0.25, 0.3) is 5.91 Å². The van der Waals surface area contributed by atoms with Crippen molar-refractivity contribution in [3.8, 4) is 17.6 Å². The number of pyridine rings is 1. The van der Waals surface area contributed by atoms with Gasteiger partial charge in [0.15, 0.2) is 0 Å². The second-order valence-electron chi connectivity index (χ2n) is 8.62. The number of rotatable bonds is 3. The van der Waals surface area contributed by atoms with Crippen LogP contribution in [-0.2, 0) is 11.2 Å². The number of carbonyl (C=O) groups excluding carboxylic acids is 2. The highest BCUT2D eigenvalue weighted by Gasteiger charge is 2.31. The molecule has 0 radical (unpaired) electrons. The van der Waals surface area contributed by atoms with Gasteiger partial charge in [-0.3, -0.25) is 4.79 Å². The molecule has 35 heavy (non-hydrogen) atoms. The molecule has 0 bridgehead atoms. The molecular weight excluding hydrogens is 453 g/mol. The van der Waals surface area contributed by atoms with Crippen molar-refractivity contribution in [3.05, 3.63) is 71.6 Å². The number of fused-ring (bicyclic) bond motifs is 1. The van der Waals surface area contributed by atoms with E-state index in [1.165, 1.54) is 23.4 Å². The average molecular weight is 477 g/mol. The molecule has 3 heterocycles. The second kappa shape index (κ2) is 9.56. The zero-order valence-electron chi connectivity index (χ0n) is 19.4.